The molecule has 2 rings (SSSR count). The maximum absolute atomic E-state index is 12.3. The number of nitrogens with one attached hydrogen (secondary N) is 1. The second-order valence-corrected chi connectivity index (χ2v) is 5.70. The Morgan fingerprint density at radius 3 is 2.45 bits per heavy atom. The van der Waals surface area contributed by atoms with Gasteiger partial charge in [0.25, 0.3) is 5.91 Å². The van der Waals surface area contributed by atoms with Gasteiger partial charge in [0.15, 0.2) is 5.69 Å². The Morgan fingerprint density at radius 2 is 2.00 bits per heavy atom. The second-order valence-electron chi connectivity index (χ2n) is 4.91. The largest absolute Gasteiger partial charge is 0.344 e. The lowest BCUT2D eigenvalue weighted by molar-refractivity contribution is 0.0933. The molecule has 0 spiro atoms. The molecule has 2 aromatic rings. The van der Waals surface area contributed by atoms with E-state index < -0.39 is 0 Å². The van der Waals surface area contributed by atoms with E-state index in [9.17, 15) is 4.79 Å². The first-order valence-corrected chi connectivity index (χ1v) is 7.10. The molecule has 2 heterocycles. The summed E-state index contributed by atoms with van der Waals surface area (Å²) in [5.74, 6) is -0.198. The van der Waals surface area contributed by atoms with Crippen LogP contribution in [0.25, 0.3) is 0 Å². The second kappa shape index (κ2) is 5.40. The number of hydrogen-bond acceptors (Lipinski definition) is 3. The molecule has 108 valence electrons. The number of aryl methyl sites for hydroxylation is 3. The molecule has 0 aromatic carbocycles. The third-order valence-electron chi connectivity index (χ3n) is 3.34. The van der Waals surface area contributed by atoms with Crippen molar-refractivity contribution in [1.29, 1.82) is 0 Å². The molecular formula is C13H18BrN5O. The summed E-state index contributed by atoms with van der Waals surface area (Å²) in [5.41, 5.74) is 3.24. The molecule has 20 heavy (non-hydrogen) atoms. The lowest BCUT2D eigenvalue weighted by Gasteiger charge is -2.12. The standard InChI is InChI=1S/C13H18BrN5O/c1-7(10-6-18(4)16-8(10)2)15-13(20)12-11(14)9(3)19(5)17-12/h6-7H,1-5H3,(H,15,20)/t7-/m1/s1. The van der Waals surface area contributed by atoms with E-state index in [1.54, 1.807) is 9.36 Å². The summed E-state index contributed by atoms with van der Waals surface area (Å²) in [6.07, 6.45) is 1.92. The minimum atomic E-state index is -0.198. The van der Waals surface area contributed by atoms with Crippen LogP contribution in [0.2, 0.25) is 0 Å². The van der Waals surface area contributed by atoms with Gasteiger partial charge in [-0.2, -0.15) is 10.2 Å². The summed E-state index contributed by atoms with van der Waals surface area (Å²) < 4.78 is 4.15. The van der Waals surface area contributed by atoms with Crippen LogP contribution in [0.4, 0.5) is 0 Å². The van der Waals surface area contributed by atoms with Crippen LogP contribution in [0.3, 0.4) is 0 Å². The van der Waals surface area contributed by atoms with Gasteiger partial charge in [-0.25, -0.2) is 0 Å². The average Bonchev–Trinajstić information content (AvgIpc) is 2.83. The van der Waals surface area contributed by atoms with E-state index in [0.717, 1.165) is 21.4 Å². The first-order valence-electron chi connectivity index (χ1n) is 6.31. The summed E-state index contributed by atoms with van der Waals surface area (Å²) >= 11 is 3.41. The maximum Gasteiger partial charge on any atom is 0.273 e. The lowest BCUT2D eigenvalue weighted by atomic mass is 10.1. The van der Waals surface area contributed by atoms with Crippen molar-refractivity contribution < 1.29 is 4.79 Å². The first-order chi connectivity index (χ1) is 9.31. The van der Waals surface area contributed by atoms with Gasteiger partial charge in [0.1, 0.15) is 0 Å². The van der Waals surface area contributed by atoms with Crippen LogP contribution in [0, 0.1) is 13.8 Å². The highest BCUT2D eigenvalue weighted by atomic mass is 79.9. The Morgan fingerprint density at radius 1 is 1.35 bits per heavy atom. The average molecular weight is 340 g/mol. The fraction of sp³-hybridized carbons (Fsp3) is 0.462. The Kier molecular flexibility index (Phi) is 3.99. The molecule has 6 nitrogen and oxygen atoms in total. The van der Waals surface area contributed by atoms with Crippen molar-refractivity contribution in [2.24, 2.45) is 14.1 Å². The predicted molar refractivity (Wildman–Crippen MR) is 79.5 cm³/mol. The Balaban J connectivity index is 2.19. The van der Waals surface area contributed by atoms with Crippen molar-refractivity contribution in [3.63, 3.8) is 0 Å². The molecule has 7 heteroatoms. The molecule has 0 aliphatic carbocycles. The minimum absolute atomic E-state index is 0.120. The zero-order valence-corrected chi connectivity index (χ0v) is 13.8. The van der Waals surface area contributed by atoms with Crippen molar-refractivity contribution in [2.45, 2.75) is 26.8 Å². The fourth-order valence-electron chi connectivity index (χ4n) is 2.11. The Bertz CT molecular complexity index is 658. The Labute approximate surface area is 126 Å². The SMILES string of the molecule is Cc1nn(C)cc1[C@@H](C)NC(=O)c1nn(C)c(C)c1Br. The predicted octanol–water partition coefficient (Wildman–Crippen LogP) is 2.02. The molecule has 0 saturated heterocycles. The number of carbonyl (C=O) groups is 1. The van der Waals surface area contributed by atoms with Gasteiger partial charge in [-0.1, -0.05) is 0 Å². The number of carbonyl (C=O) groups excluding carboxylic acids is 1. The number of amides is 1. The highest BCUT2D eigenvalue weighted by molar-refractivity contribution is 9.10. The molecule has 0 unspecified atom stereocenters. The van der Waals surface area contributed by atoms with Crippen LogP contribution in [0.5, 0.6) is 0 Å². The van der Waals surface area contributed by atoms with Crippen LogP contribution < -0.4 is 5.32 Å². The van der Waals surface area contributed by atoms with E-state index >= 15 is 0 Å². The topological polar surface area (TPSA) is 64.7 Å². The molecule has 2 aromatic heterocycles. The summed E-state index contributed by atoms with van der Waals surface area (Å²) in [6, 6.07) is -0.120. The highest BCUT2D eigenvalue weighted by Crippen LogP contribution is 2.21. The van der Waals surface area contributed by atoms with Crippen LogP contribution in [-0.2, 0) is 14.1 Å². The number of nitrogens with zero attached hydrogens (tertiary/aromatic N) is 4. The Hall–Kier alpha value is -1.63. The van der Waals surface area contributed by atoms with Gasteiger partial charge in [-0.15, -0.1) is 0 Å². The lowest BCUT2D eigenvalue weighted by Crippen LogP contribution is -2.27. The maximum atomic E-state index is 12.3. The van der Waals surface area contributed by atoms with Crippen molar-refractivity contribution in [3.05, 3.63) is 33.3 Å². The van der Waals surface area contributed by atoms with Gasteiger partial charge in [-0.05, 0) is 36.7 Å². The van der Waals surface area contributed by atoms with E-state index in [-0.39, 0.29) is 11.9 Å². The number of aromatic nitrogens is 4. The normalized spacial score (nSPS) is 12.5. The quantitative estimate of drug-likeness (QED) is 0.930. The molecule has 0 fully saturated rings. The zero-order valence-electron chi connectivity index (χ0n) is 12.2. The molecule has 0 radical (unpaired) electrons. The first kappa shape index (κ1) is 14.8. The summed E-state index contributed by atoms with van der Waals surface area (Å²) in [4.78, 5) is 12.3. The highest BCUT2D eigenvalue weighted by Gasteiger charge is 2.21. The monoisotopic (exact) mass is 339 g/mol. The summed E-state index contributed by atoms with van der Waals surface area (Å²) in [7, 11) is 3.68. The van der Waals surface area contributed by atoms with Gasteiger partial charge < -0.3 is 5.32 Å². The molecule has 0 aliphatic heterocycles. The van der Waals surface area contributed by atoms with E-state index in [2.05, 4.69) is 31.4 Å². The molecule has 1 atom stereocenters. The van der Waals surface area contributed by atoms with Crippen molar-refractivity contribution >= 4 is 21.8 Å². The minimum Gasteiger partial charge on any atom is -0.344 e. The third kappa shape index (κ3) is 2.63. The molecule has 0 bridgehead atoms. The zero-order chi connectivity index (χ0) is 15.0. The van der Waals surface area contributed by atoms with Crippen molar-refractivity contribution in [3.8, 4) is 0 Å². The van der Waals surface area contributed by atoms with E-state index in [4.69, 9.17) is 0 Å². The van der Waals surface area contributed by atoms with Crippen LogP contribution >= 0.6 is 15.9 Å². The van der Waals surface area contributed by atoms with Gasteiger partial charge in [0.2, 0.25) is 0 Å². The van der Waals surface area contributed by atoms with Crippen LogP contribution in [-0.4, -0.2) is 25.5 Å². The number of hydrogen-bond donors (Lipinski definition) is 1. The fourth-order valence-corrected chi connectivity index (χ4v) is 2.63. The van der Waals surface area contributed by atoms with Crippen LogP contribution in [0.15, 0.2) is 10.7 Å². The molecule has 1 amide bonds. The van der Waals surface area contributed by atoms with Crippen molar-refractivity contribution in [1.82, 2.24) is 24.9 Å². The number of halogens is 1. The van der Waals surface area contributed by atoms with Crippen LogP contribution in [0.1, 0.15) is 40.4 Å². The molecule has 1 N–H and O–H groups in total. The number of rotatable bonds is 3. The van der Waals surface area contributed by atoms with Gasteiger partial charge in [0, 0.05) is 25.9 Å². The molecular weight excluding hydrogens is 322 g/mol. The summed E-state index contributed by atoms with van der Waals surface area (Å²) in [5, 5.41) is 11.5. The van der Waals surface area contributed by atoms with Crippen molar-refractivity contribution in [2.75, 3.05) is 0 Å². The van der Waals surface area contributed by atoms with Gasteiger partial charge in [0.05, 0.1) is 21.9 Å². The third-order valence-corrected chi connectivity index (χ3v) is 4.29. The van der Waals surface area contributed by atoms with E-state index in [1.165, 1.54) is 0 Å². The van der Waals surface area contributed by atoms with Gasteiger partial charge >= 0.3 is 0 Å². The summed E-state index contributed by atoms with van der Waals surface area (Å²) in [6.45, 7) is 5.77. The van der Waals surface area contributed by atoms with Gasteiger partial charge in [-0.3, -0.25) is 14.2 Å². The smallest absolute Gasteiger partial charge is 0.273 e. The molecule has 0 aliphatic rings. The molecule has 0 saturated carbocycles. The van der Waals surface area contributed by atoms with E-state index in [0.29, 0.717) is 5.69 Å². The van der Waals surface area contributed by atoms with E-state index in [1.807, 2.05) is 41.1 Å².